The number of hydrogen-bond donors (Lipinski definition) is 2. The smallest absolute Gasteiger partial charge is 0.279 e. The van der Waals surface area contributed by atoms with Gasteiger partial charge in [-0.1, -0.05) is 0 Å². The second kappa shape index (κ2) is 8.86. The van der Waals surface area contributed by atoms with Crippen molar-refractivity contribution in [2.75, 3.05) is 46.4 Å². The Labute approximate surface area is 117 Å². The summed E-state index contributed by atoms with van der Waals surface area (Å²) in [5.74, 6) is 0.416. The zero-order valence-electron chi connectivity index (χ0n) is 12.0. The molecule has 2 N–H and O–H groups in total. The summed E-state index contributed by atoms with van der Waals surface area (Å²) in [6, 6.07) is 0. The van der Waals surface area contributed by atoms with Gasteiger partial charge in [0.05, 0.1) is 0 Å². The number of rotatable bonds is 9. The number of ether oxygens (including phenoxy) is 1. The van der Waals surface area contributed by atoms with Crippen LogP contribution < -0.4 is 10.0 Å². The van der Waals surface area contributed by atoms with Crippen LogP contribution in [0.4, 0.5) is 0 Å². The SMILES string of the molecule is CCOCCCNS(=O)(=O)N1CCCC(CNC)C1. The first kappa shape index (κ1) is 16.8. The fourth-order valence-electron chi connectivity index (χ4n) is 2.31. The van der Waals surface area contributed by atoms with Gasteiger partial charge < -0.3 is 10.1 Å². The lowest BCUT2D eigenvalue weighted by molar-refractivity contribution is 0.145. The van der Waals surface area contributed by atoms with E-state index in [1.54, 1.807) is 4.31 Å². The fourth-order valence-corrected chi connectivity index (χ4v) is 3.67. The molecule has 7 heteroatoms. The Bertz CT molecular complexity index is 333. The van der Waals surface area contributed by atoms with Crippen LogP contribution in [0, 0.1) is 5.92 Å². The number of hydrogen-bond acceptors (Lipinski definition) is 4. The number of nitrogens with zero attached hydrogens (tertiary/aromatic N) is 1. The van der Waals surface area contributed by atoms with Crippen LogP contribution in [0.5, 0.6) is 0 Å². The van der Waals surface area contributed by atoms with E-state index in [0.717, 1.165) is 19.4 Å². The Balaban J connectivity index is 2.34. The maximum atomic E-state index is 12.1. The summed E-state index contributed by atoms with van der Waals surface area (Å²) in [6.45, 7) is 5.75. The van der Waals surface area contributed by atoms with Crippen LogP contribution in [-0.2, 0) is 14.9 Å². The molecule has 0 aromatic heterocycles. The minimum absolute atomic E-state index is 0.416. The lowest BCUT2D eigenvalue weighted by Crippen LogP contribution is -2.47. The predicted molar refractivity (Wildman–Crippen MR) is 76.3 cm³/mol. The van der Waals surface area contributed by atoms with E-state index in [1.165, 1.54) is 0 Å². The Hall–Kier alpha value is -0.210. The monoisotopic (exact) mass is 293 g/mol. The first-order valence-corrected chi connectivity index (χ1v) is 8.51. The highest BCUT2D eigenvalue weighted by atomic mass is 32.2. The Morgan fingerprint density at radius 2 is 2.21 bits per heavy atom. The lowest BCUT2D eigenvalue weighted by Gasteiger charge is -2.31. The van der Waals surface area contributed by atoms with E-state index >= 15 is 0 Å². The van der Waals surface area contributed by atoms with Crippen molar-refractivity contribution in [1.82, 2.24) is 14.3 Å². The first-order chi connectivity index (χ1) is 9.10. The molecule has 0 bridgehead atoms. The Morgan fingerprint density at radius 1 is 1.42 bits per heavy atom. The average Bonchev–Trinajstić information content (AvgIpc) is 2.39. The van der Waals surface area contributed by atoms with Gasteiger partial charge in [-0.25, -0.2) is 4.72 Å². The van der Waals surface area contributed by atoms with Crippen molar-refractivity contribution >= 4 is 10.2 Å². The van der Waals surface area contributed by atoms with Gasteiger partial charge in [0.2, 0.25) is 0 Å². The Morgan fingerprint density at radius 3 is 2.89 bits per heavy atom. The van der Waals surface area contributed by atoms with Gasteiger partial charge in [-0.15, -0.1) is 0 Å². The minimum Gasteiger partial charge on any atom is -0.382 e. The second-order valence-electron chi connectivity index (χ2n) is 4.87. The topological polar surface area (TPSA) is 70.7 Å². The minimum atomic E-state index is -3.32. The molecule has 1 atom stereocenters. The van der Waals surface area contributed by atoms with Crippen LogP contribution in [0.3, 0.4) is 0 Å². The summed E-state index contributed by atoms with van der Waals surface area (Å²) in [7, 11) is -1.42. The van der Waals surface area contributed by atoms with Crippen molar-refractivity contribution in [1.29, 1.82) is 0 Å². The molecule has 6 nitrogen and oxygen atoms in total. The van der Waals surface area contributed by atoms with Crippen LogP contribution in [-0.4, -0.2) is 59.2 Å². The molecule has 1 unspecified atom stereocenters. The maximum Gasteiger partial charge on any atom is 0.279 e. The van der Waals surface area contributed by atoms with E-state index in [0.29, 0.717) is 45.2 Å². The van der Waals surface area contributed by atoms with Gasteiger partial charge in [-0.3, -0.25) is 0 Å². The van der Waals surface area contributed by atoms with Crippen molar-refractivity contribution in [2.24, 2.45) is 5.92 Å². The molecule has 1 saturated heterocycles. The average molecular weight is 293 g/mol. The molecule has 0 aromatic carbocycles. The summed E-state index contributed by atoms with van der Waals surface area (Å²) >= 11 is 0. The van der Waals surface area contributed by atoms with E-state index in [-0.39, 0.29) is 0 Å². The molecule has 19 heavy (non-hydrogen) atoms. The zero-order chi connectivity index (χ0) is 14.1. The second-order valence-corrected chi connectivity index (χ2v) is 6.63. The Kier molecular flexibility index (Phi) is 7.86. The molecule has 1 fully saturated rings. The van der Waals surface area contributed by atoms with E-state index < -0.39 is 10.2 Å². The molecule has 0 radical (unpaired) electrons. The van der Waals surface area contributed by atoms with E-state index in [9.17, 15) is 8.42 Å². The molecule has 0 spiro atoms. The van der Waals surface area contributed by atoms with E-state index in [2.05, 4.69) is 10.0 Å². The van der Waals surface area contributed by atoms with Crippen molar-refractivity contribution < 1.29 is 13.2 Å². The molecule has 1 aliphatic heterocycles. The lowest BCUT2D eigenvalue weighted by atomic mass is 10.00. The normalized spacial score (nSPS) is 21.7. The van der Waals surface area contributed by atoms with Gasteiger partial charge in [0.1, 0.15) is 0 Å². The summed E-state index contributed by atoms with van der Waals surface area (Å²) in [6.07, 6.45) is 2.74. The van der Waals surface area contributed by atoms with Crippen molar-refractivity contribution in [3.8, 4) is 0 Å². The third-order valence-corrected chi connectivity index (χ3v) is 4.85. The summed E-state index contributed by atoms with van der Waals surface area (Å²) in [5.41, 5.74) is 0. The summed E-state index contributed by atoms with van der Waals surface area (Å²) in [5, 5.41) is 3.12. The molecule has 114 valence electrons. The van der Waals surface area contributed by atoms with Gasteiger partial charge in [-0.2, -0.15) is 12.7 Å². The summed E-state index contributed by atoms with van der Waals surface area (Å²) < 4.78 is 33.6. The standard InChI is InChI=1S/C12H27N3O3S/c1-3-18-9-5-7-14-19(16,17)15-8-4-6-12(11-15)10-13-2/h12-14H,3-11H2,1-2H3. The fraction of sp³-hybridized carbons (Fsp3) is 1.00. The van der Waals surface area contributed by atoms with Gasteiger partial charge in [0.25, 0.3) is 10.2 Å². The van der Waals surface area contributed by atoms with Crippen molar-refractivity contribution in [2.45, 2.75) is 26.2 Å². The third kappa shape index (κ3) is 6.18. The van der Waals surface area contributed by atoms with E-state index in [4.69, 9.17) is 4.74 Å². The molecule has 1 heterocycles. The third-order valence-electron chi connectivity index (χ3n) is 3.27. The molecular weight excluding hydrogens is 266 g/mol. The predicted octanol–water partition coefficient (Wildman–Crippen LogP) is 0.179. The molecule has 1 aliphatic rings. The summed E-state index contributed by atoms with van der Waals surface area (Å²) in [4.78, 5) is 0. The molecule has 0 saturated carbocycles. The number of nitrogens with one attached hydrogen (secondary N) is 2. The highest BCUT2D eigenvalue weighted by Crippen LogP contribution is 2.17. The molecule has 0 aromatic rings. The molecular formula is C12H27N3O3S. The highest BCUT2D eigenvalue weighted by Gasteiger charge is 2.27. The van der Waals surface area contributed by atoms with E-state index in [1.807, 2.05) is 14.0 Å². The van der Waals surface area contributed by atoms with Crippen molar-refractivity contribution in [3.63, 3.8) is 0 Å². The molecule has 0 amide bonds. The highest BCUT2D eigenvalue weighted by molar-refractivity contribution is 7.87. The van der Waals surface area contributed by atoms with Gasteiger partial charge >= 0.3 is 0 Å². The zero-order valence-corrected chi connectivity index (χ0v) is 12.8. The molecule has 0 aliphatic carbocycles. The largest absolute Gasteiger partial charge is 0.382 e. The molecule has 1 rings (SSSR count). The number of piperidine rings is 1. The first-order valence-electron chi connectivity index (χ1n) is 7.07. The van der Waals surface area contributed by atoms with Gasteiger partial charge in [0.15, 0.2) is 0 Å². The van der Waals surface area contributed by atoms with Crippen LogP contribution in [0.25, 0.3) is 0 Å². The van der Waals surface area contributed by atoms with Crippen molar-refractivity contribution in [3.05, 3.63) is 0 Å². The maximum absolute atomic E-state index is 12.1. The van der Waals surface area contributed by atoms with Crippen LogP contribution in [0.2, 0.25) is 0 Å². The van der Waals surface area contributed by atoms with Gasteiger partial charge in [0, 0.05) is 32.8 Å². The van der Waals surface area contributed by atoms with Crippen LogP contribution >= 0.6 is 0 Å². The van der Waals surface area contributed by atoms with Gasteiger partial charge in [-0.05, 0) is 45.7 Å². The van der Waals surface area contributed by atoms with Crippen LogP contribution in [0.15, 0.2) is 0 Å². The van der Waals surface area contributed by atoms with Crippen LogP contribution in [0.1, 0.15) is 26.2 Å². The quantitative estimate of drug-likeness (QED) is 0.595.